The summed E-state index contributed by atoms with van der Waals surface area (Å²) >= 11 is 7.25. The standard InChI is InChI=1S/C19H24ClN3O2S/c1-13-18(19(24)22-10-8-14-3-2-9-21-11-14)26-17(23-13)12-25-16-6-4-15(20)5-7-16/h4-7,14,21H,2-3,8-12H2,1H3,(H,22,24). The molecule has 1 fully saturated rings. The Morgan fingerprint density at radius 2 is 2.23 bits per heavy atom. The number of nitrogens with zero attached hydrogens (tertiary/aromatic N) is 1. The molecular weight excluding hydrogens is 370 g/mol. The lowest BCUT2D eigenvalue weighted by molar-refractivity contribution is 0.0954. The Kier molecular flexibility index (Phi) is 6.88. The van der Waals surface area contributed by atoms with Gasteiger partial charge >= 0.3 is 0 Å². The third-order valence-electron chi connectivity index (χ3n) is 4.46. The number of amides is 1. The van der Waals surface area contributed by atoms with E-state index in [9.17, 15) is 4.79 Å². The topological polar surface area (TPSA) is 63.2 Å². The normalized spacial score (nSPS) is 17.1. The molecule has 3 rings (SSSR count). The predicted molar refractivity (Wildman–Crippen MR) is 105 cm³/mol. The molecule has 0 bridgehead atoms. The minimum Gasteiger partial charge on any atom is -0.486 e. The van der Waals surface area contributed by atoms with Crippen molar-refractivity contribution in [3.05, 3.63) is 44.9 Å². The lowest BCUT2D eigenvalue weighted by Crippen LogP contribution is -2.33. The summed E-state index contributed by atoms with van der Waals surface area (Å²) in [6, 6.07) is 7.20. The fourth-order valence-corrected chi connectivity index (χ4v) is 4.06. The van der Waals surface area contributed by atoms with Crippen LogP contribution in [0.3, 0.4) is 0 Å². The number of carbonyl (C=O) groups excluding carboxylic acids is 1. The summed E-state index contributed by atoms with van der Waals surface area (Å²) in [5, 5.41) is 7.90. The average Bonchev–Trinajstić information content (AvgIpc) is 3.03. The molecule has 2 N–H and O–H groups in total. The van der Waals surface area contributed by atoms with Crippen LogP contribution in [-0.2, 0) is 6.61 Å². The first-order valence-corrected chi connectivity index (χ1v) is 10.1. The smallest absolute Gasteiger partial charge is 0.263 e. The molecule has 2 aromatic rings. The van der Waals surface area contributed by atoms with Crippen LogP contribution in [0.1, 0.15) is 39.6 Å². The van der Waals surface area contributed by atoms with Crippen LogP contribution in [0.4, 0.5) is 0 Å². The lowest BCUT2D eigenvalue weighted by atomic mass is 9.96. The maximum Gasteiger partial charge on any atom is 0.263 e. The van der Waals surface area contributed by atoms with Crippen molar-refractivity contribution < 1.29 is 9.53 Å². The summed E-state index contributed by atoms with van der Waals surface area (Å²) < 4.78 is 5.71. The van der Waals surface area contributed by atoms with E-state index in [2.05, 4.69) is 15.6 Å². The van der Waals surface area contributed by atoms with Gasteiger partial charge in [0.2, 0.25) is 0 Å². The molecule has 26 heavy (non-hydrogen) atoms. The number of halogens is 1. The van der Waals surface area contributed by atoms with Gasteiger partial charge in [0.1, 0.15) is 22.2 Å². The van der Waals surface area contributed by atoms with Crippen molar-refractivity contribution in [3.63, 3.8) is 0 Å². The zero-order valence-corrected chi connectivity index (χ0v) is 16.5. The van der Waals surface area contributed by atoms with Crippen molar-refractivity contribution in [1.82, 2.24) is 15.6 Å². The van der Waals surface area contributed by atoms with Crippen LogP contribution in [0.2, 0.25) is 5.02 Å². The molecule has 1 atom stereocenters. The van der Waals surface area contributed by atoms with Crippen molar-refractivity contribution >= 4 is 28.8 Å². The second kappa shape index (κ2) is 9.35. The molecule has 5 nitrogen and oxygen atoms in total. The third kappa shape index (κ3) is 5.43. The van der Waals surface area contributed by atoms with Crippen molar-refractivity contribution in [2.24, 2.45) is 5.92 Å². The summed E-state index contributed by atoms with van der Waals surface area (Å²) in [5.74, 6) is 1.35. The molecule has 0 spiro atoms. The van der Waals surface area contributed by atoms with Crippen LogP contribution in [0.25, 0.3) is 0 Å². The quantitative estimate of drug-likeness (QED) is 0.750. The number of aryl methyl sites for hydroxylation is 1. The van der Waals surface area contributed by atoms with Gasteiger partial charge in [0.05, 0.1) is 5.69 Å². The van der Waals surface area contributed by atoms with E-state index in [1.165, 1.54) is 24.2 Å². The predicted octanol–water partition coefficient (Wildman–Crippen LogP) is 3.80. The third-order valence-corrected chi connectivity index (χ3v) is 5.84. The summed E-state index contributed by atoms with van der Waals surface area (Å²) in [6.45, 7) is 5.08. The Labute approximate surface area is 163 Å². The summed E-state index contributed by atoms with van der Waals surface area (Å²) in [7, 11) is 0. The van der Waals surface area contributed by atoms with Gasteiger partial charge in [-0.3, -0.25) is 4.79 Å². The molecule has 7 heteroatoms. The Morgan fingerprint density at radius 3 is 2.96 bits per heavy atom. The molecule has 1 amide bonds. The van der Waals surface area contributed by atoms with Gasteiger partial charge in [-0.25, -0.2) is 4.98 Å². The number of carbonyl (C=O) groups is 1. The number of ether oxygens (including phenoxy) is 1. The SMILES string of the molecule is Cc1nc(COc2ccc(Cl)cc2)sc1C(=O)NCCC1CCCNC1. The Morgan fingerprint density at radius 1 is 1.42 bits per heavy atom. The van der Waals surface area contributed by atoms with Crippen molar-refractivity contribution in [2.45, 2.75) is 32.8 Å². The second-order valence-corrected chi connectivity index (χ2v) is 8.04. The van der Waals surface area contributed by atoms with Gasteiger partial charge in [-0.1, -0.05) is 11.6 Å². The zero-order chi connectivity index (χ0) is 18.4. The summed E-state index contributed by atoms with van der Waals surface area (Å²) in [5.41, 5.74) is 0.751. The molecule has 0 radical (unpaired) electrons. The van der Waals surface area contributed by atoms with Gasteiger partial charge in [-0.15, -0.1) is 11.3 Å². The van der Waals surface area contributed by atoms with Crippen LogP contribution >= 0.6 is 22.9 Å². The Hall–Kier alpha value is -1.63. The van der Waals surface area contributed by atoms with E-state index in [4.69, 9.17) is 16.3 Å². The van der Waals surface area contributed by atoms with Crippen molar-refractivity contribution in [1.29, 1.82) is 0 Å². The van der Waals surface area contributed by atoms with E-state index in [1.807, 2.05) is 19.1 Å². The van der Waals surface area contributed by atoms with E-state index in [0.29, 0.717) is 29.0 Å². The van der Waals surface area contributed by atoms with Crippen LogP contribution in [0, 0.1) is 12.8 Å². The van der Waals surface area contributed by atoms with Gasteiger partial charge in [0, 0.05) is 11.6 Å². The molecule has 1 aromatic heterocycles. The first kappa shape index (κ1) is 19.1. The van der Waals surface area contributed by atoms with Crippen LogP contribution < -0.4 is 15.4 Å². The molecule has 1 aliphatic rings. The molecule has 140 valence electrons. The van der Waals surface area contributed by atoms with Crippen LogP contribution in [0.5, 0.6) is 5.75 Å². The molecular formula is C19H24ClN3O2S. The first-order chi connectivity index (χ1) is 12.6. The number of rotatable bonds is 7. The lowest BCUT2D eigenvalue weighted by Gasteiger charge is -2.22. The highest BCUT2D eigenvalue weighted by molar-refractivity contribution is 7.13. The van der Waals surface area contributed by atoms with Gasteiger partial charge in [0.15, 0.2) is 0 Å². The number of benzene rings is 1. The molecule has 1 aliphatic heterocycles. The van der Waals surface area contributed by atoms with Gasteiger partial charge in [0.25, 0.3) is 5.91 Å². The number of nitrogens with one attached hydrogen (secondary N) is 2. The van der Waals surface area contributed by atoms with E-state index in [-0.39, 0.29) is 5.91 Å². The van der Waals surface area contributed by atoms with Crippen LogP contribution in [0.15, 0.2) is 24.3 Å². The number of hydrogen-bond acceptors (Lipinski definition) is 5. The van der Waals surface area contributed by atoms with E-state index in [0.717, 1.165) is 36.0 Å². The monoisotopic (exact) mass is 393 g/mol. The van der Waals surface area contributed by atoms with Crippen molar-refractivity contribution in [3.8, 4) is 5.75 Å². The Balaban J connectivity index is 1.48. The summed E-state index contributed by atoms with van der Waals surface area (Å²) in [6.07, 6.45) is 3.49. The fraction of sp³-hybridized carbons (Fsp3) is 0.474. The highest BCUT2D eigenvalue weighted by Gasteiger charge is 2.17. The maximum absolute atomic E-state index is 12.4. The van der Waals surface area contributed by atoms with Crippen molar-refractivity contribution in [2.75, 3.05) is 19.6 Å². The number of hydrogen-bond donors (Lipinski definition) is 2. The van der Waals surface area contributed by atoms with Crippen LogP contribution in [-0.4, -0.2) is 30.5 Å². The second-order valence-electron chi connectivity index (χ2n) is 6.52. The highest BCUT2D eigenvalue weighted by Crippen LogP contribution is 2.21. The van der Waals surface area contributed by atoms with Gasteiger partial charge in [-0.2, -0.15) is 0 Å². The molecule has 1 aromatic carbocycles. The highest BCUT2D eigenvalue weighted by atomic mass is 35.5. The fourth-order valence-electron chi connectivity index (χ4n) is 3.04. The van der Waals surface area contributed by atoms with E-state index >= 15 is 0 Å². The van der Waals surface area contributed by atoms with E-state index in [1.54, 1.807) is 12.1 Å². The average molecular weight is 394 g/mol. The molecule has 0 saturated carbocycles. The summed E-state index contributed by atoms with van der Waals surface area (Å²) in [4.78, 5) is 17.5. The number of aromatic nitrogens is 1. The minimum atomic E-state index is -0.0403. The molecule has 2 heterocycles. The Bertz CT molecular complexity index is 727. The molecule has 1 saturated heterocycles. The minimum absolute atomic E-state index is 0.0403. The van der Waals surface area contributed by atoms with Gasteiger partial charge < -0.3 is 15.4 Å². The zero-order valence-electron chi connectivity index (χ0n) is 14.9. The maximum atomic E-state index is 12.4. The van der Waals surface area contributed by atoms with E-state index < -0.39 is 0 Å². The van der Waals surface area contributed by atoms with Gasteiger partial charge in [-0.05, 0) is 69.5 Å². The molecule has 0 aliphatic carbocycles. The number of piperidine rings is 1. The largest absolute Gasteiger partial charge is 0.486 e. The molecule has 1 unspecified atom stereocenters. The first-order valence-electron chi connectivity index (χ1n) is 8.95. The number of thiazole rings is 1.